The zero-order chi connectivity index (χ0) is 17.9. The molecule has 0 aliphatic carbocycles. The number of benzene rings is 2. The number of hydrogen-bond acceptors (Lipinski definition) is 3. The first-order chi connectivity index (χ1) is 12.7. The fourth-order valence-corrected chi connectivity index (χ4v) is 3.20. The molecule has 2 aromatic carbocycles. The normalized spacial score (nSPS) is 10.7. The Kier molecular flexibility index (Phi) is 4.46. The quantitative estimate of drug-likeness (QED) is 0.496. The Bertz CT molecular complexity index is 1110. The third kappa shape index (κ3) is 3.09. The summed E-state index contributed by atoms with van der Waals surface area (Å²) in [6.07, 6.45) is 1.72. The van der Waals surface area contributed by atoms with Crippen LogP contribution in [-0.4, -0.2) is 14.8 Å². The highest BCUT2D eigenvalue weighted by Crippen LogP contribution is 2.24. The summed E-state index contributed by atoms with van der Waals surface area (Å²) in [5.74, 6) is 0. The number of rotatable bonds is 3. The molecule has 2 aromatic heterocycles. The van der Waals surface area contributed by atoms with E-state index in [1.807, 2.05) is 72.8 Å². The summed E-state index contributed by atoms with van der Waals surface area (Å²) in [5, 5.41) is 4.57. The first kappa shape index (κ1) is 16.4. The van der Waals surface area contributed by atoms with Crippen molar-refractivity contribution in [1.82, 2.24) is 14.8 Å². The first-order valence-electron chi connectivity index (χ1n) is 8.10. The number of hydrogen-bond donors (Lipinski definition) is 0. The summed E-state index contributed by atoms with van der Waals surface area (Å²) in [6.45, 7) is 0. The molecule has 126 valence electrons. The van der Waals surface area contributed by atoms with E-state index in [0.717, 1.165) is 10.0 Å². The van der Waals surface area contributed by atoms with Crippen LogP contribution in [0.1, 0.15) is 0 Å². The lowest BCUT2D eigenvalue weighted by atomic mass is 10.1. The van der Waals surface area contributed by atoms with E-state index >= 15 is 0 Å². The van der Waals surface area contributed by atoms with Crippen LogP contribution >= 0.6 is 15.9 Å². The first-order valence-corrected chi connectivity index (χ1v) is 8.89. The lowest BCUT2D eigenvalue weighted by molar-refractivity contribution is 0.809. The summed E-state index contributed by atoms with van der Waals surface area (Å²) in [4.78, 5) is 17.5. The molecule has 4 rings (SSSR count). The zero-order valence-corrected chi connectivity index (χ0v) is 15.3. The van der Waals surface area contributed by atoms with Gasteiger partial charge in [-0.05, 0) is 51.8 Å². The van der Waals surface area contributed by atoms with Gasteiger partial charge in [-0.2, -0.15) is 9.78 Å². The third-order valence-electron chi connectivity index (χ3n) is 4.00. The van der Waals surface area contributed by atoms with E-state index in [9.17, 15) is 4.79 Å². The van der Waals surface area contributed by atoms with Crippen LogP contribution in [0.25, 0.3) is 28.2 Å². The maximum Gasteiger partial charge on any atom is 0.279 e. The smallest absolute Gasteiger partial charge is 0.267 e. The molecule has 0 N–H and O–H groups in total. The van der Waals surface area contributed by atoms with Gasteiger partial charge in [0.25, 0.3) is 5.56 Å². The largest absolute Gasteiger partial charge is 0.279 e. The third-order valence-corrected chi connectivity index (χ3v) is 4.67. The van der Waals surface area contributed by atoms with Gasteiger partial charge in [0.15, 0.2) is 0 Å². The van der Waals surface area contributed by atoms with Crippen LogP contribution in [0, 0.1) is 0 Å². The Morgan fingerprint density at radius 1 is 0.808 bits per heavy atom. The van der Waals surface area contributed by atoms with Gasteiger partial charge in [-0.3, -0.25) is 9.78 Å². The second kappa shape index (κ2) is 7.06. The maximum absolute atomic E-state index is 13.2. The summed E-state index contributed by atoms with van der Waals surface area (Å²) in [7, 11) is 0. The molecule has 0 bridgehead atoms. The van der Waals surface area contributed by atoms with Crippen molar-refractivity contribution >= 4 is 15.9 Å². The minimum atomic E-state index is -0.178. The number of para-hydroxylation sites is 1. The van der Waals surface area contributed by atoms with Crippen molar-refractivity contribution in [3.63, 3.8) is 0 Å². The van der Waals surface area contributed by atoms with Crippen molar-refractivity contribution in [3.05, 3.63) is 99.9 Å². The average Bonchev–Trinajstić information content (AvgIpc) is 2.70. The highest BCUT2D eigenvalue weighted by atomic mass is 79.9. The van der Waals surface area contributed by atoms with E-state index in [2.05, 4.69) is 26.0 Å². The molecule has 0 saturated heterocycles. The fraction of sp³-hybridized carbons (Fsp3) is 0. The van der Waals surface area contributed by atoms with Crippen molar-refractivity contribution in [2.75, 3.05) is 0 Å². The van der Waals surface area contributed by atoms with Gasteiger partial charge in [0.05, 0.1) is 16.9 Å². The van der Waals surface area contributed by atoms with Gasteiger partial charge in [-0.1, -0.05) is 48.5 Å². The van der Waals surface area contributed by atoms with Crippen LogP contribution in [0.2, 0.25) is 0 Å². The van der Waals surface area contributed by atoms with Gasteiger partial charge in [-0.25, -0.2) is 0 Å². The van der Waals surface area contributed by atoms with Gasteiger partial charge in [-0.15, -0.1) is 0 Å². The number of halogens is 1. The summed E-state index contributed by atoms with van der Waals surface area (Å²) in [5.41, 5.74) is 3.29. The lowest BCUT2D eigenvalue weighted by Crippen LogP contribution is -2.23. The molecular weight excluding hydrogens is 390 g/mol. The van der Waals surface area contributed by atoms with E-state index in [1.54, 1.807) is 12.3 Å². The molecule has 0 amide bonds. The standard InChI is InChI=1S/C21H14BrN3O/c22-17-10-4-5-12-20(17)25-21(26)16(15-8-2-1-3-9-15)14-19(24-25)18-11-6-7-13-23-18/h1-14H. The van der Waals surface area contributed by atoms with E-state index < -0.39 is 0 Å². The maximum atomic E-state index is 13.2. The Hall–Kier alpha value is -3.05. The molecule has 0 aliphatic rings. The Labute approximate surface area is 158 Å². The molecule has 0 atom stereocenters. The molecule has 4 nitrogen and oxygen atoms in total. The van der Waals surface area contributed by atoms with Crippen molar-refractivity contribution in [3.8, 4) is 28.2 Å². The number of nitrogens with zero attached hydrogens (tertiary/aromatic N) is 3. The highest BCUT2D eigenvalue weighted by molar-refractivity contribution is 9.10. The summed E-state index contributed by atoms with van der Waals surface area (Å²) >= 11 is 3.51. The predicted octanol–water partition coefficient (Wildman–Crippen LogP) is 4.72. The van der Waals surface area contributed by atoms with Crippen LogP contribution in [0.4, 0.5) is 0 Å². The van der Waals surface area contributed by atoms with Gasteiger partial charge >= 0.3 is 0 Å². The topological polar surface area (TPSA) is 47.8 Å². The molecule has 0 spiro atoms. The molecule has 2 heterocycles. The van der Waals surface area contributed by atoms with Crippen molar-refractivity contribution in [2.45, 2.75) is 0 Å². The summed E-state index contributed by atoms with van der Waals surface area (Å²) < 4.78 is 2.22. The minimum absolute atomic E-state index is 0.178. The molecule has 26 heavy (non-hydrogen) atoms. The highest BCUT2D eigenvalue weighted by Gasteiger charge is 2.14. The monoisotopic (exact) mass is 403 g/mol. The molecular formula is C21H14BrN3O. The van der Waals surface area contributed by atoms with Gasteiger partial charge in [0.2, 0.25) is 0 Å². The Morgan fingerprint density at radius 2 is 1.54 bits per heavy atom. The number of aromatic nitrogens is 3. The van der Waals surface area contributed by atoms with Gasteiger partial charge < -0.3 is 0 Å². The molecule has 0 fully saturated rings. The van der Waals surface area contributed by atoms with Gasteiger partial charge in [0, 0.05) is 10.7 Å². The van der Waals surface area contributed by atoms with Crippen LogP contribution in [-0.2, 0) is 0 Å². The second-order valence-electron chi connectivity index (χ2n) is 5.69. The van der Waals surface area contributed by atoms with E-state index in [4.69, 9.17) is 0 Å². The minimum Gasteiger partial charge on any atom is -0.267 e. The van der Waals surface area contributed by atoms with E-state index in [0.29, 0.717) is 22.6 Å². The second-order valence-corrected chi connectivity index (χ2v) is 6.55. The SMILES string of the molecule is O=c1c(-c2ccccc2)cc(-c2ccccn2)nn1-c1ccccc1Br. The molecule has 0 saturated carbocycles. The Balaban J connectivity index is 2.03. The molecule has 0 radical (unpaired) electrons. The van der Waals surface area contributed by atoms with Crippen molar-refractivity contribution in [2.24, 2.45) is 0 Å². The van der Waals surface area contributed by atoms with Crippen LogP contribution in [0.5, 0.6) is 0 Å². The van der Waals surface area contributed by atoms with Crippen LogP contribution in [0.3, 0.4) is 0 Å². The van der Waals surface area contributed by atoms with Crippen molar-refractivity contribution in [1.29, 1.82) is 0 Å². The van der Waals surface area contributed by atoms with E-state index in [-0.39, 0.29) is 5.56 Å². The molecule has 5 heteroatoms. The van der Waals surface area contributed by atoms with Crippen molar-refractivity contribution < 1.29 is 0 Å². The van der Waals surface area contributed by atoms with Gasteiger partial charge in [0.1, 0.15) is 5.69 Å². The molecule has 4 aromatic rings. The lowest BCUT2D eigenvalue weighted by Gasteiger charge is -2.12. The zero-order valence-electron chi connectivity index (χ0n) is 13.7. The van der Waals surface area contributed by atoms with Crippen LogP contribution in [0.15, 0.2) is 94.3 Å². The predicted molar refractivity (Wildman–Crippen MR) is 106 cm³/mol. The molecule has 0 aliphatic heterocycles. The summed E-state index contributed by atoms with van der Waals surface area (Å²) in [6, 6.07) is 24.6. The fourth-order valence-electron chi connectivity index (χ4n) is 2.75. The average molecular weight is 404 g/mol. The van der Waals surface area contributed by atoms with Crippen LogP contribution < -0.4 is 5.56 Å². The Morgan fingerprint density at radius 3 is 2.27 bits per heavy atom. The van der Waals surface area contributed by atoms with E-state index in [1.165, 1.54) is 4.68 Å². The molecule has 0 unspecified atom stereocenters. The number of pyridine rings is 1.